The zero-order chi connectivity index (χ0) is 17.6. The van der Waals surface area contributed by atoms with Crippen LogP contribution in [0.5, 0.6) is 0 Å². The van der Waals surface area contributed by atoms with E-state index in [4.69, 9.17) is 4.74 Å². The maximum absolute atomic E-state index is 11.9. The Kier molecular flexibility index (Phi) is 5.49. The fourth-order valence-corrected chi connectivity index (χ4v) is 2.69. The Morgan fingerprint density at radius 2 is 2.28 bits per heavy atom. The summed E-state index contributed by atoms with van der Waals surface area (Å²) in [5.41, 5.74) is 1.62. The number of rotatable bonds is 5. The molecule has 0 aliphatic carbocycles. The van der Waals surface area contributed by atoms with Crippen LogP contribution in [0, 0.1) is 0 Å². The zero-order valence-corrected chi connectivity index (χ0v) is 14.6. The molecular formula is C17H24N6O2. The van der Waals surface area contributed by atoms with Crippen LogP contribution < -0.4 is 15.5 Å². The van der Waals surface area contributed by atoms with E-state index in [-0.39, 0.29) is 12.1 Å². The van der Waals surface area contributed by atoms with E-state index in [0.717, 1.165) is 37.6 Å². The number of nitrogens with one attached hydrogen (secondary N) is 2. The average Bonchev–Trinajstić information content (AvgIpc) is 3.08. The number of aromatic nitrogens is 3. The highest BCUT2D eigenvalue weighted by Gasteiger charge is 2.17. The molecule has 2 aromatic heterocycles. The van der Waals surface area contributed by atoms with Crippen molar-refractivity contribution in [1.82, 2.24) is 20.1 Å². The fourth-order valence-electron chi connectivity index (χ4n) is 2.69. The van der Waals surface area contributed by atoms with Crippen molar-refractivity contribution in [2.75, 3.05) is 29.9 Å². The molecule has 0 spiro atoms. The number of urea groups is 1. The van der Waals surface area contributed by atoms with Gasteiger partial charge in [-0.05, 0) is 25.5 Å². The maximum atomic E-state index is 11.9. The minimum absolute atomic E-state index is 0.220. The first-order chi connectivity index (χ1) is 12.1. The first-order valence-electron chi connectivity index (χ1n) is 8.53. The number of amides is 2. The van der Waals surface area contributed by atoms with Gasteiger partial charge >= 0.3 is 6.03 Å². The fraction of sp³-hybridized carbons (Fsp3) is 0.471. The Morgan fingerprint density at radius 3 is 2.96 bits per heavy atom. The molecule has 1 unspecified atom stereocenters. The third kappa shape index (κ3) is 4.69. The summed E-state index contributed by atoms with van der Waals surface area (Å²) in [6, 6.07) is 3.71. The number of hydrogen-bond acceptors (Lipinski definition) is 5. The maximum Gasteiger partial charge on any atom is 0.319 e. The Hall–Kier alpha value is -2.61. The van der Waals surface area contributed by atoms with Gasteiger partial charge in [0.05, 0.1) is 24.6 Å². The van der Waals surface area contributed by atoms with Crippen molar-refractivity contribution in [2.24, 2.45) is 0 Å². The number of hydrogen-bond donors (Lipinski definition) is 2. The van der Waals surface area contributed by atoms with Gasteiger partial charge in [-0.15, -0.1) is 0 Å². The lowest BCUT2D eigenvalue weighted by Crippen LogP contribution is -2.41. The Morgan fingerprint density at radius 1 is 1.40 bits per heavy atom. The van der Waals surface area contributed by atoms with Gasteiger partial charge in [-0.2, -0.15) is 5.10 Å². The molecule has 1 saturated heterocycles. The van der Waals surface area contributed by atoms with Gasteiger partial charge in [0, 0.05) is 38.6 Å². The SMILES string of the molecule is CCn1cc(NC(=O)NCc2ccc(N3CCOC(C)C3)nc2)cn1. The van der Waals surface area contributed by atoms with E-state index in [1.54, 1.807) is 23.3 Å². The van der Waals surface area contributed by atoms with Crippen molar-refractivity contribution in [3.8, 4) is 0 Å². The molecule has 2 N–H and O–H groups in total. The lowest BCUT2D eigenvalue weighted by molar-refractivity contribution is 0.0529. The highest BCUT2D eigenvalue weighted by molar-refractivity contribution is 5.88. The number of aryl methyl sites for hydroxylation is 1. The molecule has 8 heteroatoms. The van der Waals surface area contributed by atoms with Crippen molar-refractivity contribution >= 4 is 17.5 Å². The minimum Gasteiger partial charge on any atom is -0.375 e. The standard InChI is InChI=1S/C17H24N6O2/c1-3-23-12-15(10-20-23)21-17(24)19-9-14-4-5-16(18-8-14)22-6-7-25-13(2)11-22/h4-5,8,10,12-13H,3,6-7,9,11H2,1-2H3,(H2,19,21,24). The molecule has 1 atom stereocenters. The van der Waals surface area contributed by atoms with E-state index in [9.17, 15) is 4.79 Å². The topological polar surface area (TPSA) is 84.3 Å². The molecule has 2 amide bonds. The van der Waals surface area contributed by atoms with Crippen molar-refractivity contribution in [1.29, 1.82) is 0 Å². The third-order valence-electron chi connectivity index (χ3n) is 4.04. The predicted octanol–water partition coefficient (Wildman–Crippen LogP) is 1.84. The molecule has 0 aromatic carbocycles. The Labute approximate surface area is 147 Å². The van der Waals surface area contributed by atoms with E-state index < -0.39 is 0 Å². The third-order valence-corrected chi connectivity index (χ3v) is 4.04. The summed E-state index contributed by atoms with van der Waals surface area (Å²) in [5, 5.41) is 9.70. The lowest BCUT2D eigenvalue weighted by Gasteiger charge is -2.32. The van der Waals surface area contributed by atoms with Crippen LogP contribution in [-0.4, -0.2) is 46.6 Å². The van der Waals surface area contributed by atoms with E-state index in [1.807, 2.05) is 19.1 Å². The average molecular weight is 344 g/mol. The number of anilines is 2. The number of morpholine rings is 1. The van der Waals surface area contributed by atoms with Crippen LogP contribution in [0.15, 0.2) is 30.7 Å². The smallest absolute Gasteiger partial charge is 0.319 e. The summed E-state index contributed by atoms with van der Waals surface area (Å²) in [6.07, 6.45) is 5.44. The second-order valence-corrected chi connectivity index (χ2v) is 6.04. The predicted molar refractivity (Wildman–Crippen MR) is 95.6 cm³/mol. The Balaban J connectivity index is 1.48. The first-order valence-corrected chi connectivity index (χ1v) is 8.53. The van der Waals surface area contributed by atoms with Gasteiger partial charge in [-0.25, -0.2) is 9.78 Å². The summed E-state index contributed by atoms with van der Waals surface area (Å²) < 4.78 is 7.30. The lowest BCUT2D eigenvalue weighted by atomic mass is 10.2. The molecule has 0 saturated carbocycles. The molecule has 8 nitrogen and oxygen atoms in total. The highest BCUT2D eigenvalue weighted by atomic mass is 16.5. The molecule has 2 aromatic rings. The summed E-state index contributed by atoms with van der Waals surface area (Å²) >= 11 is 0. The number of nitrogens with zero attached hydrogens (tertiary/aromatic N) is 4. The zero-order valence-electron chi connectivity index (χ0n) is 14.6. The van der Waals surface area contributed by atoms with Gasteiger partial charge in [0.2, 0.25) is 0 Å². The van der Waals surface area contributed by atoms with Crippen LogP contribution in [0.1, 0.15) is 19.4 Å². The van der Waals surface area contributed by atoms with Gasteiger partial charge in [0.1, 0.15) is 5.82 Å². The Bertz CT molecular complexity index is 699. The molecule has 1 aliphatic heterocycles. The molecule has 1 aliphatic rings. The van der Waals surface area contributed by atoms with Gasteiger partial charge < -0.3 is 20.3 Å². The van der Waals surface area contributed by atoms with Crippen LogP contribution in [0.3, 0.4) is 0 Å². The number of ether oxygens (including phenoxy) is 1. The quantitative estimate of drug-likeness (QED) is 0.865. The van der Waals surface area contributed by atoms with Crippen molar-refractivity contribution in [3.63, 3.8) is 0 Å². The second kappa shape index (κ2) is 7.98. The molecule has 134 valence electrons. The molecule has 3 rings (SSSR count). The van der Waals surface area contributed by atoms with E-state index >= 15 is 0 Å². The van der Waals surface area contributed by atoms with Crippen molar-refractivity contribution in [3.05, 3.63) is 36.3 Å². The van der Waals surface area contributed by atoms with Crippen LogP contribution in [0.25, 0.3) is 0 Å². The largest absolute Gasteiger partial charge is 0.375 e. The van der Waals surface area contributed by atoms with Crippen LogP contribution in [-0.2, 0) is 17.8 Å². The highest BCUT2D eigenvalue weighted by Crippen LogP contribution is 2.15. The monoisotopic (exact) mass is 344 g/mol. The van der Waals surface area contributed by atoms with E-state index in [0.29, 0.717) is 12.2 Å². The second-order valence-electron chi connectivity index (χ2n) is 6.04. The van der Waals surface area contributed by atoms with E-state index in [1.165, 1.54) is 0 Å². The molecule has 25 heavy (non-hydrogen) atoms. The van der Waals surface area contributed by atoms with Gasteiger partial charge in [0.15, 0.2) is 0 Å². The molecule has 3 heterocycles. The van der Waals surface area contributed by atoms with E-state index in [2.05, 4.69) is 32.5 Å². The summed E-state index contributed by atoms with van der Waals surface area (Å²) in [4.78, 5) is 18.6. The minimum atomic E-state index is -0.262. The summed E-state index contributed by atoms with van der Waals surface area (Å²) in [5.74, 6) is 0.940. The van der Waals surface area contributed by atoms with Gasteiger partial charge in [-0.1, -0.05) is 6.07 Å². The number of carbonyl (C=O) groups is 1. The molecular weight excluding hydrogens is 320 g/mol. The first kappa shape index (κ1) is 17.2. The summed E-state index contributed by atoms with van der Waals surface area (Å²) in [6.45, 7) is 7.66. The molecule has 1 fully saturated rings. The van der Waals surface area contributed by atoms with Crippen LogP contribution in [0.4, 0.5) is 16.3 Å². The number of carbonyl (C=O) groups excluding carboxylic acids is 1. The number of pyridine rings is 1. The van der Waals surface area contributed by atoms with Crippen LogP contribution >= 0.6 is 0 Å². The van der Waals surface area contributed by atoms with Crippen molar-refractivity contribution in [2.45, 2.75) is 33.0 Å². The summed E-state index contributed by atoms with van der Waals surface area (Å²) in [7, 11) is 0. The van der Waals surface area contributed by atoms with Crippen LogP contribution in [0.2, 0.25) is 0 Å². The van der Waals surface area contributed by atoms with Crippen molar-refractivity contribution < 1.29 is 9.53 Å². The molecule has 0 radical (unpaired) electrons. The van der Waals surface area contributed by atoms with Gasteiger partial charge in [0.25, 0.3) is 0 Å². The normalized spacial score (nSPS) is 17.4. The van der Waals surface area contributed by atoms with Gasteiger partial charge in [-0.3, -0.25) is 4.68 Å². The molecule has 0 bridgehead atoms.